The van der Waals surface area contributed by atoms with E-state index >= 15 is 0 Å². The van der Waals surface area contributed by atoms with Crippen molar-refractivity contribution in [1.82, 2.24) is 0 Å². The van der Waals surface area contributed by atoms with Gasteiger partial charge in [-0.25, -0.2) is 0 Å². The van der Waals surface area contributed by atoms with E-state index in [4.69, 9.17) is 0 Å². The number of hydrogen-bond acceptors (Lipinski definition) is 2. The molecular weight excluding hydrogens is 156 g/mol. The molecule has 1 nitrogen and oxygen atoms in total. The van der Waals surface area contributed by atoms with Gasteiger partial charge in [-0.1, -0.05) is 13.8 Å². The number of aliphatic hydroxyl groups is 1. The fourth-order valence-electron chi connectivity index (χ4n) is 1.87. The van der Waals surface area contributed by atoms with E-state index in [2.05, 4.69) is 13.8 Å². The zero-order valence-corrected chi connectivity index (χ0v) is 8.45. The normalized spacial score (nSPS) is 39.5. The molecule has 0 aromatic heterocycles. The molecule has 2 atom stereocenters. The van der Waals surface area contributed by atoms with Gasteiger partial charge in [-0.3, -0.25) is 0 Å². The summed E-state index contributed by atoms with van der Waals surface area (Å²) in [4.78, 5) is 0. The smallest absolute Gasteiger partial charge is 0.0740 e. The Kier molecular flexibility index (Phi) is 2.87. The van der Waals surface area contributed by atoms with E-state index in [1.165, 1.54) is 12.2 Å². The van der Waals surface area contributed by atoms with Gasteiger partial charge >= 0.3 is 0 Å². The van der Waals surface area contributed by atoms with Crippen LogP contribution in [0.3, 0.4) is 0 Å². The molecule has 0 aromatic rings. The van der Waals surface area contributed by atoms with Gasteiger partial charge in [-0.2, -0.15) is 11.8 Å². The zero-order valence-electron chi connectivity index (χ0n) is 7.63. The lowest BCUT2D eigenvalue weighted by Crippen LogP contribution is -2.43. The van der Waals surface area contributed by atoms with Crippen molar-refractivity contribution in [3.63, 3.8) is 0 Å². The van der Waals surface area contributed by atoms with Gasteiger partial charge < -0.3 is 5.11 Å². The molecule has 0 spiro atoms. The third-order valence-electron chi connectivity index (χ3n) is 2.34. The SMILES string of the molecule is CC(C)C1SCCCC1(C)O. The van der Waals surface area contributed by atoms with Crippen LogP contribution in [0.25, 0.3) is 0 Å². The Labute approximate surface area is 73.6 Å². The average molecular weight is 174 g/mol. The topological polar surface area (TPSA) is 20.2 Å². The second kappa shape index (κ2) is 3.36. The predicted molar refractivity (Wildman–Crippen MR) is 50.9 cm³/mol. The van der Waals surface area contributed by atoms with Crippen molar-refractivity contribution in [2.75, 3.05) is 5.75 Å². The molecule has 1 rings (SSSR count). The maximum absolute atomic E-state index is 9.98. The highest BCUT2D eigenvalue weighted by atomic mass is 32.2. The first-order valence-electron chi connectivity index (χ1n) is 4.38. The Hall–Kier alpha value is 0.310. The highest BCUT2D eigenvalue weighted by Crippen LogP contribution is 2.37. The molecule has 0 aliphatic carbocycles. The number of rotatable bonds is 1. The molecule has 1 saturated heterocycles. The molecule has 0 saturated carbocycles. The van der Waals surface area contributed by atoms with E-state index in [9.17, 15) is 5.11 Å². The second-order valence-electron chi connectivity index (χ2n) is 4.00. The van der Waals surface area contributed by atoms with Gasteiger partial charge in [0.1, 0.15) is 0 Å². The Morgan fingerprint density at radius 1 is 1.55 bits per heavy atom. The van der Waals surface area contributed by atoms with Crippen LogP contribution in [0.1, 0.15) is 33.6 Å². The highest BCUT2D eigenvalue weighted by molar-refractivity contribution is 8.00. The van der Waals surface area contributed by atoms with Crippen LogP contribution in [0.5, 0.6) is 0 Å². The third-order valence-corrected chi connectivity index (χ3v) is 4.28. The van der Waals surface area contributed by atoms with Crippen molar-refractivity contribution >= 4 is 11.8 Å². The predicted octanol–water partition coefficient (Wildman–Crippen LogP) is 2.29. The van der Waals surface area contributed by atoms with Crippen molar-refractivity contribution in [2.24, 2.45) is 5.92 Å². The lowest BCUT2D eigenvalue weighted by atomic mass is 9.89. The zero-order chi connectivity index (χ0) is 8.48. The summed E-state index contributed by atoms with van der Waals surface area (Å²) < 4.78 is 0. The summed E-state index contributed by atoms with van der Waals surface area (Å²) in [5, 5.41) is 10.4. The molecule has 0 bridgehead atoms. The van der Waals surface area contributed by atoms with Gasteiger partial charge in [0.15, 0.2) is 0 Å². The Morgan fingerprint density at radius 3 is 2.55 bits per heavy atom. The molecule has 2 heteroatoms. The van der Waals surface area contributed by atoms with E-state index < -0.39 is 5.60 Å². The molecule has 11 heavy (non-hydrogen) atoms. The van der Waals surface area contributed by atoms with Crippen LogP contribution < -0.4 is 0 Å². The van der Waals surface area contributed by atoms with Crippen molar-refractivity contribution in [2.45, 2.75) is 44.5 Å². The van der Waals surface area contributed by atoms with Crippen molar-refractivity contribution in [3.05, 3.63) is 0 Å². The Balaban J connectivity index is 2.60. The molecule has 2 unspecified atom stereocenters. The summed E-state index contributed by atoms with van der Waals surface area (Å²) in [5.41, 5.74) is -0.420. The second-order valence-corrected chi connectivity index (χ2v) is 5.25. The number of thioether (sulfide) groups is 1. The summed E-state index contributed by atoms with van der Waals surface area (Å²) >= 11 is 1.93. The average Bonchev–Trinajstić information content (AvgIpc) is 1.85. The first kappa shape index (κ1) is 9.40. The van der Waals surface area contributed by atoms with E-state index in [0.717, 1.165) is 6.42 Å². The molecule has 0 radical (unpaired) electrons. The van der Waals surface area contributed by atoms with Crippen molar-refractivity contribution in [3.8, 4) is 0 Å². The first-order valence-corrected chi connectivity index (χ1v) is 5.43. The van der Waals surface area contributed by atoms with Crippen molar-refractivity contribution < 1.29 is 5.11 Å². The Morgan fingerprint density at radius 2 is 2.18 bits per heavy atom. The van der Waals surface area contributed by atoms with Gasteiger partial charge in [0.05, 0.1) is 5.60 Å². The monoisotopic (exact) mass is 174 g/mol. The van der Waals surface area contributed by atoms with E-state index in [-0.39, 0.29) is 0 Å². The van der Waals surface area contributed by atoms with Crippen LogP contribution >= 0.6 is 11.8 Å². The lowest BCUT2D eigenvalue weighted by Gasteiger charge is -2.39. The summed E-state index contributed by atoms with van der Waals surface area (Å²) in [6.07, 6.45) is 2.14. The van der Waals surface area contributed by atoms with E-state index in [0.29, 0.717) is 11.2 Å². The van der Waals surface area contributed by atoms with Crippen LogP contribution in [0.4, 0.5) is 0 Å². The summed E-state index contributed by atoms with van der Waals surface area (Å²) in [5.74, 6) is 1.81. The molecular formula is C9H18OS. The quantitative estimate of drug-likeness (QED) is 0.658. The maximum atomic E-state index is 9.98. The van der Waals surface area contributed by atoms with E-state index in [1.54, 1.807) is 0 Å². The van der Waals surface area contributed by atoms with Crippen LogP contribution in [0.2, 0.25) is 0 Å². The highest BCUT2D eigenvalue weighted by Gasteiger charge is 2.36. The van der Waals surface area contributed by atoms with Crippen LogP contribution in [-0.2, 0) is 0 Å². The number of hydrogen-bond donors (Lipinski definition) is 1. The summed E-state index contributed by atoms with van der Waals surface area (Å²) in [6.45, 7) is 6.36. The molecule has 1 aliphatic rings. The molecule has 1 aliphatic heterocycles. The minimum Gasteiger partial charge on any atom is -0.389 e. The van der Waals surface area contributed by atoms with Crippen molar-refractivity contribution in [1.29, 1.82) is 0 Å². The van der Waals surface area contributed by atoms with Gasteiger partial charge in [0, 0.05) is 5.25 Å². The minimum atomic E-state index is -0.420. The molecule has 1 N–H and O–H groups in total. The standard InChI is InChI=1S/C9H18OS/c1-7(2)8-9(3,10)5-4-6-11-8/h7-8,10H,4-6H2,1-3H3. The maximum Gasteiger partial charge on any atom is 0.0740 e. The lowest BCUT2D eigenvalue weighted by molar-refractivity contribution is 0.0329. The van der Waals surface area contributed by atoms with Gasteiger partial charge in [-0.15, -0.1) is 0 Å². The summed E-state index contributed by atoms with van der Waals surface area (Å²) in [7, 11) is 0. The molecule has 0 aromatic carbocycles. The molecule has 66 valence electrons. The first-order chi connectivity index (χ1) is 5.04. The minimum absolute atomic E-state index is 0.420. The van der Waals surface area contributed by atoms with Crippen LogP contribution in [0, 0.1) is 5.92 Å². The third kappa shape index (κ3) is 2.12. The molecule has 0 amide bonds. The molecule has 1 fully saturated rings. The van der Waals surface area contributed by atoms with Crippen LogP contribution in [0.15, 0.2) is 0 Å². The summed E-state index contributed by atoms with van der Waals surface area (Å²) in [6, 6.07) is 0. The van der Waals surface area contributed by atoms with E-state index in [1.807, 2.05) is 18.7 Å². The Bertz CT molecular complexity index is 132. The fraction of sp³-hybridized carbons (Fsp3) is 1.00. The van der Waals surface area contributed by atoms with Gasteiger partial charge in [-0.05, 0) is 31.4 Å². The van der Waals surface area contributed by atoms with Gasteiger partial charge in [0.2, 0.25) is 0 Å². The molecule has 1 heterocycles. The fourth-order valence-corrected chi connectivity index (χ4v) is 3.30. The largest absolute Gasteiger partial charge is 0.389 e. The van der Waals surface area contributed by atoms with Crippen LogP contribution in [-0.4, -0.2) is 21.7 Å². The van der Waals surface area contributed by atoms with Gasteiger partial charge in [0.25, 0.3) is 0 Å².